The molecule has 3 aromatic rings. The highest BCUT2D eigenvalue weighted by Gasteiger charge is 2.31. The second-order valence-electron chi connectivity index (χ2n) is 7.25. The number of alkyl halides is 3. The van der Waals surface area contributed by atoms with E-state index in [0.29, 0.717) is 35.3 Å². The number of hydrogen-bond acceptors (Lipinski definition) is 4. The molecule has 0 bridgehead atoms. The van der Waals surface area contributed by atoms with Gasteiger partial charge in [-0.3, -0.25) is 0 Å². The summed E-state index contributed by atoms with van der Waals surface area (Å²) in [4.78, 5) is 14.3. The predicted octanol–water partition coefficient (Wildman–Crippen LogP) is 5.82. The Hall–Kier alpha value is -3.07. The second-order valence-corrected chi connectivity index (χ2v) is 7.68. The van der Waals surface area contributed by atoms with E-state index in [0.717, 1.165) is 25.0 Å². The molecular weight excluding hydrogens is 433 g/mol. The molecule has 1 fully saturated rings. The molecule has 0 spiro atoms. The van der Waals surface area contributed by atoms with Gasteiger partial charge in [-0.05, 0) is 55.3 Å². The first-order valence-electron chi connectivity index (χ1n) is 9.62. The van der Waals surface area contributed by atoms with Crippen molar-refractivity contribution in [1.82, 2.24) is 15.1 Å². The first kappa shape index (κ1) is 21.2. The predicted molar refractivity (Wildman–Crippen MR) is 109 cm³/mol. The van der Waals surface area contributed by atoms with Gasteiger partial charge in [0, 0.05) is 29.4 Å². The normalized spacial score (nSPS) is 16.9. The maximum atomic E-state index is 12.7. The van der Waals surface area contributed by atoms with Gasteiger partial charge in [0.2, 0.25) is 11.8 Å². The van der Waals surface area contributed by atoms with E-state index >= 15 is 0 Å². The van der Waals surface area contributed by atoms with E-state index < -0.39 is 11.7 Å². The fourth-order valence-corrected chi connectivity index (χ4v) is 3.64. The number of nitrogens with zero attached hydrogens (tertiary/aromatic N) is 3. The third-order valence-corrected chi connectivity index (χ3v) is 5.27. The van der Waals surface area contributed by atoms with Crippen molar-refractivity contribution in [3.8, 4) is 11.5 Å². The summed E-state index contributed by atoms with van der Waals surface area (Å²) in [6, 6.07) is 11.2. The highest BCUT2D eigenvalue weighted by molar-refractivity contribution is 6.30. The lowest BCUT2D eigenvalue weighted by atomic mass is 9.98. The zero-order chi connectivity index (χ0) is 22.0. The molecule has 0 aliphatic carbocycles. The van der Waals surface area contributed by atoms with Crippen molar-refractivity contribution < 1.29 is 22.4 Å². The van der Waals surface area contributed by atoms with E-state index in [1.165, 1.54) is 12.1 Å². The Bertz CT molecular complexity index is 1070. The average molecular weight is 451 g/mol. The van der Waals surface area contributed by atoms with Crippen LogP contribution < -0.4 is 5.32 Å². The molecule has 1 N–H and O–H groups in total. The average Bonchev–Trinajstić information content (AvgIpc) is 3.24. The number of amides is 2. The van der Waals surface area contributed by atoms with Crippen molar-refractivity contribution in [2.75, 3.05) is 18.4 Å². The van der Waals surface area contributed by atoms with Crippen LogP contribution in [0.2, 0.25) is 5.02 Å². The van der Waals surface area contributed by atoms with Gasteiger partial charge in [0.1, 0.15) is 0 Å². The van der Waals surface area contributed by atoms with Crippen LogP contribution in [0.3, 0.4) is 0 Å². The SMILES string of the molecule is O=C(Nc1cccc(Cl)c1)N1CCCC(c2nnc(-c3ccc(C(F)(F)F)cc3)o2)C1. The summed E-state index contributed by atoms with van der Waals surface area (Å²) in [5.74, 6) is 0.342. The Morgan fingerprint density at radius 2 is 1.94 bits per heavy atom. The zero-order valence-corrected chi connectivity index (χ0v) is 17.0. The molecule has 2 amide bonds. The molecule has 6 nitrogen and oxygen atoms in total. The Morgan fingerprint density at radius 1 is 1.16 bits per heavy atom. The van der Waals surface area contributed by atoms with Crippen LogP contribution in [0, 0.1) is 0 Å². The molecule has 1 aliphatic heterocycles. The molecule has 2 aromatic carbocycles. The second kappa shape index (κ2) is 8.58. The summed E-state index contributed by atoms with van der Waals surface area (Å²) in [5.41, 5.74) is 0.254. The van der Waals surface area contributed by atoms with Crippen molar-refractivity contribution in [2.24, 2.45) is 0 Å². The van der Waals surface area contributed by atoms with Gasteiger partial charge >= 0.3 is 12.2 Å². The highest BCUT2D eigenvalue weighted by atomic mass is 35.5. The van der Waals surface area contributed by atoms with Gasteiger partial charge in [-0.1, -0.05) is 17.7 Å². The number of piperidine rings is 1. The minimum atomic E-state index is -4.41. The van der Waals surface area contributed by atoms with Crippen molar-refractivity contribution in [3.63, 3.8) is 0 Å². The third-order valence-electron chi connectivity index (χ3n) is 5.03. The van der Waals surface area contributed by atoms with Gasteiger partial charge in [-0.25, -0.2) is 4.79 Å². The number of aromatic nitrogens is 2. The van der Waals surface area contributed by atoms with E-state index in [-0.39, 0.29) is 17.8 Å². The molecule has 0 saturated carbocycles. The quantitative estimate of drug-likeness (QED) is 0.545. The first-order chi connectivity index (χ1) is 14.8. The number of rotatable bonds is 3. The van der Waals surface area contributed by atoms with E-state index in [1.54, 1.807) is 29.2 Å². The Morgan fingerprint density at radius 3 is 2.65 bits per heavy atom. The van der Waals surface area contributed by atoms with Crippen LogP contribution >= 0.6 is 11.6 Å². The number of benzene rings is 2. The largest absolute Gasteiger partial charge is 0.420 e. The van der Waals surface area contributed by atoms with Crippen LogP contribution in [0.5, 0.6) is 0 Å². The minimum absolute atomic E-state index is 0.143. The number of anilines is 1. The molecule has 0 radical (unpaired) electrons. The van der Waals surface area contributed by atoms with Crippen LogP contribution in [0.4, 0.5) is 23.7 Å². The molecule has 4 rings (SSSR count). The smallest absolute Gasteiger partial charge is 0.416 e. The van der Waals surface area contributed by atoms with Crippen LogP contribution in [0.1, 0.15) is 30.2 Å². The number of nitrogens with one attached hydrogen (secondary N) is 1. The molecule has 1 atom stereocenters. The topological polar surface area (TPSA) is 71.3 Å². The lowest BCUT2D eigenvalue weighted by molar-refractivity contribution is -0.137. The summed E-state index contributed by atoms with van der Waals surface area (Å²) in [6.45, 7) is 0.976. The summed E-state index contributed by atoms with van der Waals surface area (Å²) in [7, 11) is 0. The van der Waals surface area contributed by atoms with Gasteiger partial charge < -0.3 is 14.6 Å². The van der Waals surface area contributed by atoms with Crippen LogP contribution in [0.25, 0.3) is 11.5 Å². The van der Waals surface area contributed by atoms with Crippen molar-refractivity contribution in [3.05, 3.63) is 65.0 Å². The molecule has 1 saturated heterocycles. The molecule has 1 aromatic heterocycles. The van der Waals surface area contributed by atoms with Gasteiger partial charge in [-0.2, -0.15) is 13.2 Å². The summed E-state index contributed by atoms with van der Waals surface area (Å²) in [6.07, 6.45) is -2.89. The van der Waals surface area contributed by atoms with E-state index in [1.807, 2.05) is 0 Å². The van der Waals surface area contributed by atoms with E-state index in [2.05, 4.69) is 15.5 Å². The fraction of sp³-hybridized carbons (Fsp3) is 0.286. The summed E-state index contributed by atoms with van der Waals surface area (Å²) >= 11 is 5.95. The molecule has 10 heteroatoms. The molecule has 2 heterocycles. The lowest BCUT2D eigenvalue weighted by Crippen LogP contribution is -2.41. The number of urea groups is 1. The first-order valence-corrected chi connectivity index (χ1v) is 10.00. The number of carbonyl (C=O) groups excluding carboxylic acids is 1. The number of carbonyl (C=O) groups is 1. The molecule has 1 aliphatic rings. The zero-order valence-electron chi connectivity index (χ0n) is 16.2. The van der Waals surface area contributed by atoms with Crippen molar-refractivity contribution in [1.29, 1.82) is 0 Å². The van der Waals surface area contributed by atoms with Crippen molar-refractivity contribution >= 4 is 23.3 Å². The molecule has 31 heavy (non-hydrogen) atoms. The Labute approximate surface area is 181 Å². The van der Waals surface area contributed by atoms with Crippen LogP contribution in [0.15, 0.2) is 52.9 Å². The maximum absolute atomic E-state index is 12.7. The standard InChI is InChI=1S/C21H18ClF3N4O2/c22-16-4-1-5-17(11-16)26-20(30)29-10-2-3-14(12-29)19-28-27-18(31-19)13-6-8-15(9-7-13)21(23,24)25/h1,4-9,11,14H,2-3,10,12H2,(H,26,30). The molecule has 1 unspecified atom stereocenters. The lowest BCUT2D eigenvalue weighted by Gasteiger charge is -2.31. The maximum Gasteiger partial charge on any atom is 0.416 e. The van der Waals surface area contributed by atoms with Crippen molar-refractivity contribution in [2.45, 2.75) is 24.9 Å². The number of halogens is 4. The fourth-order valence-electron chi connectivity index (χ4n) is 3.45. The molecular formula is C21H18ClF3N4O2. The monoisotopic (exact) mass is 450 g/mol. The van der Waals surface area contributed by atoms with Gasteiger partial charge in [-0.15, -0.1) is 10.2 Å². The summed E-state index contributed by atoms with van der Waals surface area (Å²) < 4.78 is 43.9. The molecule has 162 valence electrons. The van der Waals surface area contributed by atoms with Gasteiger partial charge in [0.15, 0.2) is 0 Å². The van der Waals surface area contributed by atoms with E-state index in [4.69, 9.17) is 16.0 Å². The van der Waals surface area contributed by atoms with Gasteiger partial charge in [0.05, 0.1) is 11.5 Å². The third kappa shape index (κ3) is 4.99. The Balaban J connectivity index is 1.43. The summed E-state index contributed by atoms with van der Waals surface area (Å²) in [5, 5.41) is 11.4. The number of hydrogen-bond donors (Lipinski definition) is 1. The number of likely N-dealkylation sites (tertiary alicyclic amines) is 1. The highest BCUT2D eigenvalue weighted by Crippen LogP contribution is 2.32. The van der Waals surface area contributed by atoms with Crippen LogP contribution in [-0.2, 0) is 6.18 Å². The Kier molecular flexibility index (Phi) is 5.86. The van der Waals surface area contributed by atoms with Gasteiger partial charge in [0.25, 0.3) is 0 Å². The minimum Gasteiger partial charge on any atom is -0.420 e. The van der Waals surface area contributed by atoms with Crippen LogP contribution in [-0.4, -0.2) is 34.2 Å². The van der Waals surface area contributed by atoms with E-state index in [9.17, 15) is 18.0 Å².